The van der Waals surface area contributed by atoms with Crippen LogP contribution in [0.2, 0.25) is 0 Å². The Morgan fingerprint density at radius 1 is 0.870 bits per heavy atom. The van der Waals surface area contributed by atoms with Gasteiger partial charge in [-0.2, -0.15) is 0 Å². The summed E-state index contributed by atoms with van der Waals surface area (Å²) >= 11 is 0. The number of hydrogen-bond donors (Lipinski definition) is 2. The van der Waals surface area contributed by atoms with Gasteiger partial charge in [-0.05, 0) is 77.6 Å². The molecule has 1 aromatic heterocycles. The standard InChI is InChI=1S/C40H44N6O7S/c1-44-25-38(49)46-24-32(43-36(47)14-11-27-16-18-41-19-17-27)22-33(46)26-54(52,53)34-9-5-8-31(21-34)40(51)45(2)35(13-15-37(44)48)39(50)42-23-28-10-12-29-6-3-4-7-30(29)20-28/h3-10,12,16-21,32-33,35H,11,13-15,22-26H2,1-2H3,(H,42,50)(H,43,47)/t32-,33+,35+/m1/s1. The van der Waals surface area contributed by atoms with E-state index in [1.807, 2.05) is 54.6 Å². The molecule has 0 spiro atoms. The third-order valence-corrected chi connectivity index (χ3v) is 11.9. The molecule has 0 saturated carbocycles. The quantitative estimate of drug-likeness (QED) is 0.291. The molecule has 2 bridgehead atoms. The molecule has 2 aliphatic rings. The molecular weight excluding hydrogens is 709 g/mol. The molecular formula is C40H44N6O7S. The number of fused-ring (bicyclic) bond motifs is 4. The highest BCUT2D eigenvalue weighted by atomic mass is 32.2. The predicted octanol–water partition coefficient (Wildman–Crippen LogP) is 2.74. The van der Waals surface area contributed by atoms with Gasteiger partial charge < -0.3 is 25.3 Å². The van der Waals surface area contributed by atoms with Crippen molar-refractivity contribution in [3.63, 3.8) is 0 Å². The van der Waals surface area contributed by atoms with E-state index in [2.05, 4.69) is 15.6 Å². The first kappa shape index (κ1) is 38.1. The number of hydrogen-bond acceptors (Lipinski definition) is 8. The first-order chi connectivity index (χ1) is 25.9. The Bertz CT molecular complexity index is 2160. The Hall–Kier alpha value is -5.63. The molecule has 282 valence electrons. The summed E-state index contributed by atoms with van der Waals surface area (Å²) in [6.45, 7) is -0.0759. The number of carbonyl (C=O) groups excluding carboxylic acids is 5. The zero-order valence-corrected chi connectivity index (χ0v) is 31.1. The van der Waals surface area contributed by atoms with Crippen LogP contribution in [0.4, 0.5) is 0 Å². The monoisotopic (exact) mass is 752 g/mol. The number of amides is 5. The number of nitrogens with zero attached hydrogens (tertiary/aromatic N) is 4. The molecule has 4 aromatic rings. The van der Waals surface area contributed by atoms with Gasteiger partial charge in [0.05, 0.1) is 17.2 Å². The zero-order valence-electron chi connectivity index (χ0n) is 30.3. The van der Waals surface area contributed by atoms with Crippen LogP contribution in [0.25, 0.3) is 10.8 Å². The molecule has 0 unspecified atom stereocenters. The third kappa shape index (κ3) is 9.11. The number of aryl methyl sites for hydroxylation is 1. The minimum atomic E-state index is -4.06. The van der Waals surface area contributed by atoms with Crippen molar-refractivity contribution in [2.45, 2.75) is 61.7 Å². The fourth-order valence-corrected chi connectivity index (χ4v) is 8.71. The van der Waals surface area contributed by atoms with E-state index < -0.39 is 57.3 Å². The summed E-state index contributed by atoms with van der Waals surface area (Å²) in [6.07, 6.45) is 4.01. The second kappa shape index (κ2) is 16.6. The van der Waals surface area contributed by atoms with E-state index in [0.29, 0.717) is 6.42 Å². The second-order valence-corrected chi connectivity index (χ2v) is 16.0. The van der Waals surface area contributed by atoms with Crippen LogP contribution in [0.1, 0.15) is 47.2 Å². The molecule has 1 saturated heterocycles. The second-order valence-electron chi connectivity index (χ2n) is 14.0. The molecule has 13 nitrogen and oxygen atoms in total. The van der Waals surface area contributed by atoms with E-state index in [9.17, 15) is 32.4 Å². The van der Waals surface area contributed by atoms with Gasteiger partial charge >= 0.3 is 0 Å². The van der Waals surface area contributed by atoms with Gasteiger partial charge in [-0.3, -0.25) is 29.0 Å². The average Bonchev–Trinajstić information content (AvgIpc) is 3.56. The summed E-state index contributed by atoms with van der Waals surface area (Å²) in [4.78, 5) is 75.4. The summed E-state index contributed by atoms with van der Waals surface area (Å²) in [5, 5.41) is 7.92. The first-order valence-corrected chi connectivity index (χ1v) is 19.6. The number of aromatic nitrogens is 1. The Labute approximate surface area is 314 Å². The van der Waals surface area contributed by atoms with Crippen LogP contribution in [-0.4, -0.2) is 109 Å². The molecule has 1 fully saturated rings. The van der Waals surface area contributed by atoms with Gasteiger partial charge in [-0.1, -0.05) is 42.5 Å². The van der Waals surface area contributed by atoms with E-state index in [-0.39, 0.29) is 61.7 Å². The van der Waals surface area contributed by atoms with Crippen molar-refractivity contribution in [1.29, 1.82) is 0 Å². The Morgan fingerprint density at radius 2 is 1.63 bits per heavy atom. The number of carbonyl (C=O) groups is 5. The molecule has 3 aromatic carbocycles. The van der Waals surface area contributed by atoms with Gasteiger partial charge in [0.25, 0.3) is 5.91 Å². The number of nitrogens with one attached hydrogen (secondary N) is 2. The van der Waals surface area contributed by atoms with Crippen molar-refractivity contribution >= 4 is 50.1 Å². The molecule has 54 heavy (non-hydrogen) atoms. The minimum absolute atomic E-state index is 0.0406. The molecule has 0 aliphatic carbocycles. The lowest BCUT2D eigenvalue weighted by atomic mass is 10.1. The van der Waals surface area contributed by atoms with Crippen LogP contribution in [-0.2, 0) is 42.0 Å². The summed E-state index contributed by atoms with van der Waals surface area (Å²) in [6, 6.07) is 20.6. The van der Waals surface area contributed by atoms with Crippen LogP contribution < -0.4 is 10.6 Å². The molecule has 14 heteroatoms. The van der Waals surface area contributed by atoms with Gasteiger partial charge in [0, 0.05) is 70.1 Å². The van der Waals surface area contributed by atoms with Gasteiger partial charge in [-0.25, -0.2) is 8.42 Å². The largest absolute Gasteiger partial charge is 0.351 e. The summed E-state index contributed by atoms with van der Waals surface area (Å²) in [5.74, 6) is -2.63. The van der Waals surface area contributed by atoms with Crippen LogP contribution >= 0.6 is 0 Å². The topological polar surface area (TPSA) is 166 Å². The highest BCUT2D eigenvalue weighted by molar-refractivity contribution is 7.91. The Morgan fingerprint density at radius 3 is 2.41 bits per heavy atom. The van der Waals surface area contributed by atoms with E-state index in [4.69, 9.17) is 0 Å². The molecule has 3 atom stereocenters. The smallest absolute Gasteiger partial charge is 0.254 e. The highest BCUT2D eigenvalue weighted by Gasteiger charge is 2.40. The van der Waals surface area contributed by atoms with Gasteiger partial charge in [0.15, 0.2) is 9.84 Å². The number of rotatable bonds is 7. The normalized spacial score (nSPS) is 20.8. The van der Waals surface area contributed by atoms with Crippen molar-refractivity contribution in [3.05, 3.63) is 108 Å². The Kier molecular flexibility index (Phi) is 11.7. The maximum absolute atomic E-state index is 13.9. The summed E-state index contributed by atoms with van der Waals surface area (Å²) in [5.41, 5.74) is 1.85. The van der Waals surface area contributed by atoms with Crippen molar-refractivity contribution in [1.82, 2.24) is 30.3 Å². The van der Waals surface area contributed by atoms with Crippen LogP contribution in [0.5, 0.6) is 0 Å². The van der Waals surface area contributed by atoms with Gasteiger partial charge in [0.1, 0.15) is 6.04 Å². The fraction of sp³-hybridized carbons (Fsp3) is 0.350. The molecule has 2 aliphatic heterocycles. The lowest BCUT2D eigenvalue weighted by molar-refractivity contribution is -0.140. The molecule has 3 heterocycles. The van der Waals surface area contributed by atoms with E-state index in [1.165, 1.54) is 53.1 Å². The number of likely N-dealkylation sites (N-methyl/N-ethyl adjacent to an activating group) is 2. The van der Waals surface area contributed by atoms with Crippen molar-refractivity contribution in [2.24, 2.45) is 0 Å². The molecule has 5 amide bonds. The summed E-state index contributed by atoms with van der Waals surface area (Å²) in [7, 11) is -1.13. The summed E-state index contributed by atoms with van der Waals surface area (Å²) < 4.78 is 27.8. The zero-order chi connectivity index (χ0) is 38.4. The van der Waals surface area contributed by atoms with Crippen LogP contribution in [0.15, 0.2) is 96.2 Å². The van der Waals surface area contributed by atoms with E-state index >= 15 is 0 Å². The van der Waals surface area contributed by atoms with E-state index in [0.717, 1.165) is 21.9 Å². The molecule has 2 N–H and O–H groups in total. The number of benzene rings is 3. The fourth-order valence-electron chi connectivity index (χ4n) is 7.10. The van der Waals surface area contributed by atoms with Crippen LogP contribution in [0, 0.1) is 0 Å². The Balaban J connectivity index is 1.21. The predicted molar refractivity (Wildman–Crippen MR) is 202 cm³/mol. The molecule has 6 rings (SSSR count). The van der Waals surface area contributed by atoms with Gasteiger partial charge in [0.2, 0.25) is 23.6 Å². The van der Waals surface area contributed by atoms with Crippen molar-refractivity contribution in [3.8, 4) is 0 Å². The third-order valence-electron chi connectivity index (χ3n) is 10.1. The first-order valence-electron chi connectivity index (χ1n) is 17.9. The average molecular weight is 753 g/mol. The number of pyridine rings is 1. The lowest BCUT2D eigenvalue weighted by Gasteiger charge is -2.30. The highest BCUT2D eigenvalue weighted by Crippen LogP contribution is 2.25. The lowest BCUT2D eigenvalue weighted by Crippen LogP contribution is -2.49. The van der Waals surface area contributed by atoms with Crippen molar-refractivity contribution in [2.75, 3.05) is 32.9 Å². The molecule has 0 radical (unpaired) electrons. The van der Waals surface area contributed by atoms with Gasteiger partial charge in [-0.15, -0.1) is 0 Å². The maximum atomic E-state index is 13.9. The SMILES string of the molecule is CN1CC(=O)N2C[C@H](NC(=O)CCc3ccncc3)C[C@H]2CS(=O)(=O)c2cccc(c2)C(=O)N(C)[C@H](C(=O)NCc2ccc3ccccc3c2)CCC1=O. The number of sulfone groups is 1. The van der Waals surface area contributed by atoms with E-state index in [1.54, 1.807) is 12.4 Å². The van der Waals surface area contributed by atoms with Crippen LogP contribution in [0.3, 0.4) is 0 Å². The maximum Gasteiger partial charge on any atom is 0.254 e. The minimum Gasteiger partial charge on any atom is -0.351 e. The van der Waals surface area contributed by atoms with Crippen molar-refractivity contribution < 1.29 is 32.4 Å².